The molecule has 7 nitrogen and oxygen atoms in total. The van der Waals surface area contributed by atoms with Gasteiger partial charge in [0.15, 0.2) is 0 Å². The van der Waals surface area contributed by atoms with Gasteiger partial charge in [-0.25, -0.2) is 4.98 Å². The maximum Gasteiger partial charge on any atom is 0.222 e. The fourth-order valence-corrected chi connectivity index (χ4v) is 4.44. The van der Waals surface area contributed by atoms with Crippen molar-refractivity contribution < 1.29 is 4.79 Å². The third kappa shape index (κ3) is 3.67. The van der Waals surface area contributed by atoms with Crippen LogP contribution in [0, 0.1) is 5.92 Å². The van der Waals surface area contributed by atoms with Crippen LogP contribution in [-0.4, -0.2) is 61.1 Å². The third-order valence-corrected chi connectivity index (χ3v) is 5.82. The number of fused-ring (bicyclic) bond motifs is 1. The van der Waals surface area contributed by atoms with Gasteiger partial charge in [0.1, 0.15) is 0 Å². The first-order valence-corrected chi connectivity index (χ1v) is 9.73. The number of carbonyl (C=O) groups is 1. The van der Waals surface area contributed by atoms with E-state index >= 15 is 0 Å². The van der Waals surface area contributed by atoms with Crippen molar-refractivity contribution in [3.05, 3.63) is 36.2 Å². The number of hydrogen-bond acceptors (Lipinski definition) is 4. The second-order valence-electron chi connectivity index (χ2n) is 7.51. The van der Waals surface area contributed by atoms with Gasteiger partial charge in [-0.3, -0.25) is 14.4 Å². The van der Waals surface area contributed by atoms with Gasteiger partial charge in [-0.1, -0.05) is 0 Å². The van der Waals surface area contributed by atoms with E-state index in [2.05, 4.69) is 38.0 Å². The average molecular weight is 356 g/mol. The van der Waals surface area contributed by atoms with Crippen molar-refractivity contribution in [1.82, 2.24) is 29.5 Å². The number of rotatable bonds is 6. The van der Waals surface area contributed by atoms with Crippen molar-refractivity contribution in [3.8, 4) is 0 Å². The highest BCUT2D eigenvalue weighted by Crippen LogP contribution is 2.32. The number of imidazole rings is 1. The summed E-state index contributed by atoms with van der Waals surface area (Å²) in [6, 6.07) is 0.397. The van der Waals surface area contributed by atoms with Crippen molar-refractivity contribution in [2.24, 2.45) is 5.92 Å². The van der Waals surface area contributed by atoms with Gasteiger partial charge in [0, 0.05) is 75.3 Å². The minimum absolute atomic E-state index is 0.323. The molecular formula is C19H28N6O. The molecule has 2 aliphatic heterocycles. The molecule has 26 heavy (non-hydrogen) atoms. The topological polar surface area (TPSA) is 70.1 Å². The van der Waals surface area contributed by atoms with Crippen LogP contribution in [0.25, 0.3) is 0 Å². The number of nitrogens with one attached hydrogen (secondary N) is 1. The van der Waals surface area contributed by atoms with Gasteiger partial charge in [0.05, 0.1) is 12.5 Å². The van der Waals surface area contributed by atoms with E-state index in [-0.39, 0.29) is 0 Å². The van der Waals surface area contributed by atoms with Crippen LogP contribution >= 0.6 is 0 Å². The summed E-state index contributed by atoms with van der Waals surface area (Å²) in [6.45, 7) is 6.91. The maximum atomic E-state index is 12.5. The van der Waals surface area contributed by atoms with Crippen LogP contribution in [0.2, 0.25) is 0 Å². The molecule has 2 aromatic heterocycles. The third-order valence-electron chi connectivity index (χ3n) is 5.82. The smallest absolute Gasteiger partial charge is 0.222 e. The van der Waals surface area contributed by atoms with Crippen molar-refractivity contribution in [3.63, 3.8) is 0 Å². The molecule has 140 valence electrons. The number of carbonyl (C=O) groups excluding carboxylic acids is 1. The highest BCUT2D eigenvalue weighted by atomic mass is 16.2. The maximum absolute atomic E-state index is 12.5. The molecule has 1 amide bonds. The fraction of sp³-hybridized carbons (Fsp3) is 0.632. The van der Waals surface area contributed by atoms with Crippen LogP contribution in [0.3, 0.4) is 0 Å². The van der Waals surface area contributed by atoms with E-state index in [0.29, 0.717) is 24.3 Å². The average Bonchev–Trinajstić information content (AvgIpc) is 3.32. The molecule has 0 aliphatic carbocycles. The summed E-state index contributed by atoms with van der Waals surface area (Å²) < 4.78 is 1.98. The molecule has 7 heteroatoms. The van der Waals surface area contributed by atoms with Crippen molar-refractivity contribution >= 4 is 5.91 Å². The molecule has 0 aromatic carbocycles. The van der Waals surface area contributed by atoms with Gasteiger partial charge >= 0.3 is 0 Å². The molecule has 4 heterocycles. The highest BCUT2D eigenvalue weighted by Gasteiger charge is 2.38. The van der Waals surface area contributed by atoms with E-state index in [0.717, 1.165) is 57.7 Å². The van der Waals surface area contributed by atoms with Gasteiger partial charge in [-0.2, -0.15) is 5.10 Å². The van der Waals surface area contributed by atoms with Gasteiger partial charge in [-0.15, -0.1) is 0 Å². The molecule has 0 spiro atoms. The standard InChI is InChI=1S/C19H28N6O/c1-2-24-12-15(9-22-24)11-23-7-6-18-16(13-23)3-4-19(26)25(18)8-5-17-10-20-14-21-17/h9-10,12,14,16,18H,2-8,11,13H2,1H3,(H,20,21). The zero-order valence-electron chi connectivity index (χ0n) is 15.5. The number of H-pyrrole nitrogens is 1. The second-order valence-corrected chi connectivity index (χ2v) is 7.51. The lowest BCUT2D eigenvalue weighted by Crippen LogP contribution is -2.56. The normalized spacial score (nSPS) is 24.0. The molecule has 2 saturated heterocycles. The lowest BCUT2D eigenvalue weighted by Gasteiger charge is -2.47. The summed E-state index contributed by atoms with van der Waals surface area (Å²) in [5, 5.41) is 4.38. The van der Waals surface area contributed by atoms with E-state index in [1.807, 2.05) is 17.1 Å². The predicted octanol–water partition coefficient (Wildman–Crippen LogP) is 1.68. The predicted molar refractivity (Wildman–Crippen MR) is 98.3 cm³/mol. The number of hydrogen-bond donors (Lipinski definition) is 1. The van der Waals surface area contributed by atoms with E-state index in [4.69, 9.17) is 0 Å². The Morgan fingerprint density at radius 3 is 3.00 bits per heavy atom. The number of aromatic amines is 1. The molecule has 0 radical (unpaired) electrons. The molecular weight excluding hydrogens is 328 g/mol. The minimum atomic E-state index is 0.323. The van der Waals surface area contributed by atoms with E-state index < -0.39 is 0 Å². The Hall–Kier alpha value is -2.15. The molecule has 0 bridgehead atoms. The highest BCUT2D eigenvalue weighted by molar-refractivity contribution is 5.77. The monoisotopic (exact) mass is 356 g/mol. The Bertz CT molecular complexity index is 724. The lowest BCUT2D eigenvalue weighted by atomic mass is 9.83. The van der Waals surface area contributed by atoms with Gasteiger partial charge < -0.3 is 9.88 Å². The molecule has 2 aliphatic rings. The Labute approximate surface area is 154 Å². The zero-order valence-corrected chi connectivity index (χ0v) is 15.5. The van der Waals surface area contributed by atoms with Crippen LogP contribution in [0.1, 0.15) is 37.4 Å². The van der Waals surface area contributed by atoms with Crippen LogP contribution < -0.4 is 0 Å². The summed E-state index contributed by atoms with van der Waals surface area (Å²) >= 11 is 0. The first-order valence-electron chi connectivity index (χ1n) is 9.73. The van der Waals surface area contributed by atoms with E-state index in [1.54, 1.807) is 6.33 Å². The summed E-state index contributed by atoms with van der Waals surface area (Å²) in [7, 11) is 0. The van der Waals surface area contributed by atoms with Crippen LogP contribution in [0.15, 0.2) is 24.9 Å². The van der Waals surface area contributed by atoms with Crippen molar-refractivity contribution in [2.75, 3.05) is 19.6 Å². The number of aromatic nitrogens is 4. The molecule has 4 rings (SSSR count). The summed E-state index contributed by atoms with van der Waals surface area (Å²) in [6.07, 6.45) is 11.3. The molecule has 0 saturated carbocycles. The number of piperidine rings is 2. The zero-order chi connectivity index (χ0) is 17.9. The fourth-order valence-electron chi connectivity index (χ4n) is 4.44. The van der Waals surface area contributed by atoms with Gasteiger partial charge in [-0.05, 0) is 25.7 Å². The first-order chi connectivity index (χ1) is 12.7. The minimum Gasteiger partial charge on any atom is -0.348 e. The largest absolute Gasteiger partial charge is 0.348 e. The first kappa shape index (κ1) is 17.3. The Morgan fingerprint density at radius 2 is 2.23 bits per heavy atom. The number of aryl methyl sites for hydroxylation is 1. The molecule has 2 unspecified atom stereocenters. The molecule has 2 atom stereocenters. The SMILES string of the molecule is CCn1cc(CN2CCC3C(CCC(=O)N3CCc3cnc[nH]3)C2)cn1. The molecule has 2 fully saturated rings. The van der Waals surface area contributed by atoms with Crippen molar-refractivity contribution in [2.45, 2.75) is 51.7 Å². The van der Waals surface area contributed by atoms with E-state index in [1.165, 1.54) is 5.56 Å². The lowest BCUT2D eigenvalue weighted by molar-refractivity contribution is -0.141. The molecule has 2 aromatic rings. The molecule has 1 N–H and O–H groups in total. The second kappa shape index (κ2) is 7.61. The van der Waals surface area contributed by atoms with Gasteiger partial charge in [0.25, 0.3) is 0 Å². The number of nitrogens with zero attached hydrogens (tertiary/aromatic N) is 5. The summed E-state index contributed by atoms with van der Waals surface area (Å²) in [5.74, 6) is 0.910. The summed E-state index contributed by atoms with van der Waals surface area (Å²) in [5.41, 5.74) is 2.39. The number of amides is 1. The van der Waals surface area contributed by atoms with Crippen LogP contribution in [0.5, 0.6) is 0 Å². The number of likely N-dealkylation sites (tertiary alicyclic amines) is 2. The van der Waals surface area contributed by atoms with E-state index in [9.17, 15) is 4.79 Å². The van der Waals surface area contributed by atoms with Crippen LogP contribution in [0.4, 0.5) is 0 Å². The van der Waals surface area contributed by atoms with Crippen LogP contribution in [-0.2, 0) is 24.3 Å². The van der Waals surface area contributed by atoms with Crippen molar-refractivity contribution in [1.29, 1.82) is 0 Å². The van der Waals surface area contributed by atoms with Gasteiger partial charge in [0.2, 0.25) is 5.91 Å². The summed E-state index contributed by atoms with van der Waals surface area (Å²) in [4.78, 5) is 24.4. The Balaban J connectivity index is 1.36. The Morgan fingerprint density at radius 1 is 1.31 bits per heavy atom. The Kier molecular flexibility index (Phi) is 5.06. The quantitative estimate of drug-likeness (QED) is 0.855.